The first-order valence-corrected chi connectivity index (χ1v) is 8.79. The summed E-state index contributed by atoms with van der Waals surface area (Å²) in [4.78, 5) is 2.28. The smallest absolute Gasteiger partial charge is 0.115 e. The van der Waals surface area contributed by atoms with E-state index >= 15 is 0 Å². The summed E-state index contributed by atoms with van der Waals surface area (Å²) in [7, 11) is 0. The van der Waals surface area contributed by atoms with Crippen LogP contribution in [0.4, 0.5) is 11.4 Å². The molecule has 0 bridgehead atoms. The topological polar surface area (TPSA) is 39.1 Å². The van der Waals surface area contributed by atoms with Gasteiger partial charge in [0.05, 0.1) is 11.4 Å². The average molecular weight is 343 g/mol. The summed E-state index contributed by atoms with van der Waals surface area (Å²) in [6.07, 6.45) is 0.855. The highest BCUT2D eigenvalue weighted by molar-refractivity contribution is 6.01. The highest BCUT2D eigenvalue weighted by Crippen LogP contribution is 2.24. The van der Waals surface area contributed by atoms with Gasteiger partial charge in [-0.15, -0.1) is 0 Å². The average Bonchev–Trinajstić information content (AvgIpc) is 2.93. The first kappa shape index (κ1) is 16.2. The minimum atomic E-state index is 0.282. The second-order valence-corrected chi connectivity index (χ2v) is 6.32. The number of anilines is 2. The van der Waals surface area contributed by atoms with Crippen molar-refractivity contribution >= 4 is 17.1 Å². The second kappa shape index (κ2) is 7.31. The Balaban J connectivity index is 1.69. The lowest BCUT2D eigenvalue weighted by Gasteiger charge is -2.28. The molecule has 0 saturated heterocycles. The van der Waals surface area contributed by atoms with Crippen LogP contribution in [0.3, 0.4) is 0 Å². The van der Waals surface area contributed by atoms with Gasteiger partial charge in [0.1, 0.15) is 12.4 Å². The van der Waals surface area contributed by atoms with Crippen molar-refractivity contribution in [1.82, 2.24) is 0 Å². The molecule has 0 fully saturated rings. The standard InChI is InChI=1S/C22H21N3O/c26-21-13-11-19(12-14-21)24-16-15-22(18-7-3-1-4-8-18)23-25(17-24)20-9-5-2-6-10-20/h1-14,26H,15-17H2. The molecule has 1 N–H and O–H groups in total. The summed E-state index contributed by atoms with van der Waals surface area (Å²) in [5, 5.41) is 16.6. The number of rotatable bonds is 3. The number of nitrogens with zero attached hydrogens (tertiary/aromatic N) is 3. The zero-order chi connectivity index (χ0) is 17.8. The molecule has 3 aromatic rings. The number of aromatic hydroxyl groups is 1. The number of phenolic OH excluding ortho intramolecular Hbond substituents is 1. The lowest BCUT2D eigenvalue weighted by molar-refractivity contribution is 0.475. The van der Waals surface area contributed by atoms with Gasteiger partial charge in [-0.3, -0.25) is 0 Å². The third kappa shape index (κ3) is 3.54. The van der Waals surface area contributed by atoms with E-state index in [-0.39, 0.29) is 5.75 Å². The van der Waals surface area contributed by atoms with Crippen molar-refractivity contribution in [2.75, 3.05) is 23.1 Å². The molecule has 0 saturated carbocycles. The molecule has 1 aliphatic heterocycles. The zero-order valence-electron chi connectivity index (χ0n) is 14.5. The molecule has 26 heavy (non-hydrogen) atoms. The molecule has 3 aromatic carbocycles. The van der Waals surface area contributed by atoms with Crippen LogP contribution >= 0.6 is 0 Å². The molecule has 4 heteroatoms. The third-order valence-electron chi connectivity index (χ3n) is 4.54. The van der Waals surface area contributed by atoms with Crippen molar-refractivity contribution in [2.24, 2.45) is 5.10 Å². The van der Waals surface area contributed by atoms with Gasteiger partial charge in [-0.1, -0.05) is 48.5 Å². The fourth-order valence-corrected chi connectivity index (χ4v) is 3.15. The van der Waals surface area contributed by atoms with Crippen LogP contribution in [0.15, 0.2) is 90.0 Å². The van der Waals surface area contributed by atoms with Gasteiger partial charge in [0.2, 0.25) is 0 Å². The quantitative estimate of drug-likeness (QED) is 0.762. The Kier molecular flexibility index (Phi) is 4.56. The molecule has 4 nitrogen and oxygen atoms in total. The predicted octanol–water partition coefficient (Wildman–Crippen LogP) is 4.47. The molecule has 1 heterocycles. The zero-order valence-corrected chi connectivity index (χ0v) is 14.5. The number of phenols is 1. The Morgan fingerprint density at radius 1 is 0.731 bits per heavy atom. The van der Waals surface area contributed by atoms with E-state index in [1.165, 1.54) is 0 Å². The SMILES string of the molecule is Oc1ccc(N2CCC(c3ccccc3)=NN(c3ccccc3)C2)cc1. The maximum absolute atomic E-state index is 9.58. The van der Waals surface area contributed by atoms with E-state index in [4.69, 9.17) is 5.10 Å². The number of hydrazone groups is 1. The highest BCUT2D eigenvalue weighted by Gasteiger charge is 2.19. The summed E-state index contributed by atoms with van der Waals surface area (Å²) in [5.74, 6) is 0.282. The van der Waals surface area contributed by atoms with Crippen LogP contribution in [0.1, 0.15) is 12.0 Å². The molecule has 130 valence electrons. The maximum Gasteiger partial charge on any atom is 0.115 e. The molecule has 0 aromatic heterocycles. The van der Waals surface area contributed by atoms with Crippen LogP contribution in [-0.4, -0.2) is 24.0 Å². The Morgan fingerprint density at radius 3 is 2.08 bits per heavy atom. The van der Waals surface area contributed by atoms with Gasteiger partial charge >= 0.3 is 0 Å². The van der Waals surface area contributed by atoms with Crippen LogP contribution in [0.2, 0.25) is 0 Å². The first-order valence-electron chi connectivity index (χ1n) is 8.79. The number of hydrogen-bond donors (Lipinski definition) is 1. The summed E-state index contributed by atoms with van der Waals surface area (Å²) in [6, 6.07) is 27.9. The van der Waals surface area contributed by atoms with Crippen molar-refractivity contribution in [3.63, 3.8) is 0 Å². The van der Waals surface area contributed by atoms with Gasteiger partial charge in [-0.2, -0.15) is 5.10 Å². The lowest BCUT2D eigenvalue weighted by atomic mass is 10.1. The van der Waals surface area contributed by atoms with E-state index in [0.29, 0.717) is 6.67 Å². The van der Waals surface area contributed by atoms with Gasteiger partial charge in [0.25, 0.3) is 0 Å². The Morgan fingerprint density at radius 2 is 1.38 bits per heavy atom. The van der Waals surface area contributed by atoms with Crippen LogP contribution in [-0.2, 0) is 0 Å². The van der Waals surface area contributed by atoms with Crippen LogP contribution in [0.5, 0.6) is 5.75 Å². The van der Waals surface area contributed by atoms with Crippen molar-refractivity contribution in [3.05, 3.63) is 90.5 Å². The van der Waals surface area contributed by atoms with Crippen molar-refractivity contribution < 1.29 is 5.11 Å². The summed E-state index contributed by atoms with van der Waals surface area (Å²) >= 11 is 0. The van der Waals surface area contributed by atoms with Crippen LogP contribution in [0, 0.1) is 0 Å². The first-order chi connectivity index (χ1) is 12.8. The van der Waals surface area contributed by atoms with E-state index in [1.54, 1.807) is 12.1 Å². The largest absolute Gasteiger partial charge is 0.508 e. The molecular formula is C22H21N3O. The van der Waals surface area contributed by atoms with E-state index in [2.05, 4.69) is 29.2 Å². The van der Waals surface area contributed by atoms with Crippen molar-refractivity contribution in [2.45, 2.75) is 6.42 Å². The maximum atomic E-state index is 9.58. The highest BCUT2D eigenvalue weighted by atomic mass is 16.3. The molecule has 1 aliphatic rings. The lowest BCUT2D eigenvalue weighted by Crippen LogP contribution is -2.34. The van der Waals surface area contributed by atoms with Gasteiger partial charge in [0, 0.05) is 18.7 Å². The molecule has 0 radical (unpaired) electrons. The van der Waals surface area contributed by atoms with Crippen LogP contribution < -0.4 is 9.91 Å². The Labute approximate surface area is 153 Å². The van der Waals surface area contributed by atoms with E-state index in [0.717, 1.165) is 35.6 Å². The molecular weight excluding hydrogens is 322 g/mol. The minimum Gasteiger partial charge on any atom is -0.508 e. The molecule has 0 amide bonds. The van der Waals surface area contributed by atoms with Gasteiger partial charge in [0.15, 0.2) is 0 Å². The summed E-state index contributed by atoms with van der Waals surface area (Å²) in [5.41, 5.74) is 4.37. The minimum absolute atomic E-state index is 0.282. The third-order valence-corrected chi connectivity index (χ3v) is 4.54. The molecule has 4 rings (SSSR count). The fourth-order valence-electron chi connectivity index (χ4n) is 3.15. The van der Waals surface area contributed by atoms with Gasteiger partial charge < -0.3 is 10.0 Å². The summed E-state index contributed by atoms with van der Waals surface area (Å²) in [6.45, 7) is 1.52. The van der Waals surface area contributed by atoms with Crippen LogP contribution in [0.25, 0.3) is 0 Å². The van der Waals surface area contributed by atoms with E-state index in [9.17, 15) is 5.11 Å². The summed E-state index contributed by atoms with van der Waals surface area (Å²) < 4.78 is 0. The predicted molar refractivity (Wildman–Crippen MR) is 107 cm³/mol. The molecule has 0 spiro atoms. The number of hydrogen-bond acceptors (Lipinski definition) is 4. The molecule has 0 aliphatic carbocycles. The number of para-hydroxylation sites is 1. The Hall–Kier alpha value is -3.27. The molecule has 0 unspecified atom stereocenters. The van der Waals surface area contributed by atoms with Gasteiger partial charge in [-0.05, 0) is 42.0 Å². The molecule has 0 atom stereocenters. The van der Waals surface area contributed by atoms with Gasteiger partial charge in [-0.25, -0.2) is 5.01 Å². The van der Waals surface area contributed by atoms with Crippen molar-refractivity contribution in [3.8, 4) is 5.75 Å². The van der Waals surface area contributed by atoms with E-state index < -0.39 is 0 Å². The monoisotopic (exact) mass is 343 g/mol. The normalized spacial score (nSPS) is 14.7. The number of benzene rings is 3. The van der Waals surface area contributed by atoms with Crippen molar-refractivity contribution in [1.29, 1.82) is 0 Å². The Bertz CT molecular complexity index is 876. The fraction of sp³-hybridized carbons (Fsp3) is 0.136. The van der Waals surface area contributed by atoms with E-state index in [1.807, 2.05) is 53.5 Å². The second-order valence-electron chi connectivity index (χ2n) is 6.32.